The van der Waals surface area contributed by atoms with Crippen LogP contribution in [-0.4, -0.2) is 34.8 Å². The maximum atomic E-state index is 12.9. The zero-order chi connectivity index (χ0) is 17.8. The Bertz CT molecular complexity index is 774. The van der Waals surface area contributed by atoms with E-state index >= 15 is 0 Å². The molecule has 1 aliphatic heterocycles. The van der Waals surface area contributed by atoms with E-state index in [9.17, 15) is 9.59 Å². The third-order valence-corrected chi connectivity index (χ3v) is 5.09. The average molecular weight is 354 g/mol. The number of nitrogens with zero attached hydrogens (tertiary/aromatic N) is 1. The van der Waals surface area contributed by atoms with Crippen molar-refractivity contribution in [3.8, 4) is 0 Å². The molecule has 2 amide bonds. The van der Waals surface area contributed by atoms with E-state index in [0.717, 1.165) is 22.6 Å². The number of amides is 2. The monoisotopic (exact) mass is 354 g/mol. The molecule has 1 heterocycles. The van der Waals surface area contributed by atoms with E-state index in [0.29, 0.717) is 18.5 Å². The van der Waals surface area contributed by atoms with Crippen LogP contribution in [0.15, 0.2) is 48.5 Å². The lowest BCUT2D eigenvalue weighted by molar-refractivity contribution is -0.120. The summed E-state index contributed by atoms with van der Waals surface area (Å²) in [5.74, 6) is 0.645. The van der Waals surface area contributed by atoms with Gasteiger partial charge < -0.3 is 10.2 Å². The van der Waals surface area contributed by atoms with Gasteiger partial charge in [-0.15, -0.1) is 0 Å². The zero-order valence-corrected chi connectivity index (χ0v) is 15.3. The summed E-state index contributed by atoms with van der Waals surface area (Å²) in [7, 11) is 0. The average Bonchev–Trinajstić information content (AvgIpc) is 2.94. The van der Waals surface area contributed by atoms with Crippen LogP contribution in [0.3, 0.4) is 0 Å². The van der Waals surface area contributed by atoms with Crippen molar-refractivity contribution in [3.63, 3.8) is 0 Å². The Kier molecular flexibility index (Phi) is 5.43. The minimum absolute atomic E-state index is 0.0549. The molecule has 0 aliphatic carbocycles. The van der Waals surface area contributed by atoms with Gasteiger partial charge in [-0.05, 0) is 49.1 Å². The molecule has 0 radical (unpaired) electrons. The number of thioether (sulfide) groups is 1. The fourth-order valence-electron chi connectivity index (χ4n) is 3.05. The first-order chi connectivity index (χ1) is 12.1. The van der Waals surface area contributed by atoms with E-state index in [-0.39, 0.29) is 11.8 Å². The van der Waals surface area contributed by atoms with Gasteiger partial charge in [0, 0.05) is 17.8 Å². The highest BCUT2D eigenvalue weighted by atomic mass is 32.2. The van der Waals surface area contributed by atoms with Gasteiger partial charge in [0.2, 0.25) is 5.91 Å². The van der Waals surface area contributed by atoms with Gasteiger partial charge in [0.05, 0.1) is 0 Å². The quantitative estimate of drug-likeness (QED) is 0.860. The van der Waals surface area contributed by atoms with Gasteiger partial charge in [-0.25, -0.2) is 0 Å². The van der Waals surface area contributed by atoms with Crippen molar-refractivity contribution in [2.45, 2.75) is 25.9 Å². The van der Waals surface area contributed by atoms with Crippen LogP contribution in [0.1, 0.15) is 27.9 Å². The van der Waals surface area contributed by atoms with E-state index in [1.807, 2.05) is 61.7 Å². The summed E-state index contributed by atoms with van der Waals surface area (Å²) in [6.07, 6.45) is 2.65. The number of carbonyl (C=O) groups is 2. The molecule has 2 aromatic rings. The fraction of sp³-hybridized carbons (Fsp3) is 0.300. The lowest BCUT2D eigenvalue weighted by atomic mass is 10.1. The standard InChI is InChI=1S/C20H22N2O2S/c1-14-7-9-16(10-8-14)21-19(23)18(11-12-25-2)22-13-15-5-3-4-6-17(15)20(22)24/h3-10,18H,11-13H2,1-2H3,(H,21,23)/t18-/m0/s1. The third kappa shape index (κ3) is 3.87. The number of anilines is 1. The number of benzene rings is 2. The molecule has 1 atom stereocenters. The highest BCUT2D eigenvalue weighted by Crippen LogP contribution is 2.26. The van der Waals surface area contributed by atoms with Gasteiger partial charge in [0.15, 0.2) is 0 Å². The first-order valence-electron chi connectivity index (χ1n) is 8.35. The normalized spacial score (nSPS) is 14.3. The van der Waals surface area contributed by atoms with E-state index in [4.69, 9.17) is 0 Å². The molecule has 0 spiro atoms. The Morgan fingerprint density at radius 1 is 1.20 bits per heavy atom. The van der Waals surface area contributed by atoms with Crippen LogP contribution in [0.25, 0.3) is 0 Å². The summed E-state index contributed by atoms with van der Waals surface area (Å²) >= 11 is 1.68. The Morgan fingerprint density at radius 2 is 1.92 bits per heavy atom. The van der Waals surface area contributed by atoms with E-state index in [1.165, 1.54) is 0 Å². The van der Waals surface area contributed by atoms with Crippen molar-refractivity contribution in [1.29, 1.82) is 0 Å². The molecule has 0 unspecified atom stereocenters. The molecule has 5 heteroatoms. The molecule has 1 aliphatic rings. The van der Waals surface area contributed by atoms with E-state index in [1.54, 1.807) is 16.7 Å². The summed E-state index contributed by atoms with van der Waals surface area (Å²) in [4.78, 5) is 27.3. The van der Waals surface area contributed by atoms with Crippen LogP contribution in [0, 0.1) is 6.92 Å². The maximum absolute atomic E-state index is 12.9. The van der Waals surface area contributed by atoms with Crippen LogP contribution < -0.4 is 5.32 Å². The number of nitrogens with one attached hydrogen (secondary N) is 1. The maximum Gasteiger partial charge on any atom is 0.255 e. The zero-order valence-electron chi connectivity index (χ0n) is 14.5. The minimum atomic E-state index is -0.464. The van der Waals surface area contributed by atoms with E-state index < -0.39 is 6.04 Å². The van der Waals surface area contributed by atoms with Crippen LogP contribution in [0.5, 0.6) is 0 Å². The van der Waals surface area contributed by atoms with Crippen molar-refractivity contribution in [1.82, 2.24) is 4.90 Å². The second-order valence-electron chi connectivity index (χ2n) is 6.24. The molecule has 3 rings (SSSR count). The first-order valence-corrected chi connectivity index (χ1v) is 9.75. The molecular formula is C20H22N2O2S. The minimum Gasteiger partial charge on any atom is -0.324 e. The molecule has 4 nitrogen and oxygen atoms in total. The number of rotatable bonds is 6. The Hall–Kier alpha value is -2.27. The fourth-order valence-corrected chi connectivity index (χ4v) is 3.51. The molecule has 0 saturated heterocycles. The molecule has 0 aromatic heterocycles. The summed E-state index contributed by atoms with van der Waals surface area (Å²) in [6, 6.07) is 14.8. The van der Waals surface area contributed by atoms with Crippen molar-refractivity contribution in [2.24, 2.45) is 0 Å². The van der Waals surface area contributed by atoms with Crippen molar-refractivity contribution >= 4 is 29.3 Å². The topological polar surface area (TPSA) is 49.4 Å². The summed E-state index contributed by atoms with van der Waals surface area (Å²) in [5.41, 5.74) is 3.60. The highest BCUT2D eigenvalue weighted by Gasteiger charge is 2.35. The Balaban J connectivity index is 1.79. The molecule has 25 heavy (non-hydrogen) atoms. The summed E-state index contributed by atoms with van der Waals surface area (Å²) in [6.45, 7) is 2.50. The van der Waals surface area contributed by atoms with Gasteiger partial charge in [0.1, 0.15) is 6.04 Å². The van der Waals surface area contributed by atoms with Crippen LogP contribution in [0.2, 0.25) is 0 Å². The van der Waals surface area contributed by atoms with Crippen molar-refractivity contribution in [2.75, 3.05) is 17.3 Å². The van der Waals surface area contributed by atoms with E-state index in [2.05, 4.69) is 5.32 Å². The van der Waals surface area contributed by atoms with Crippen LogP contribution in [-0.2, 0) is 11.3 Å². The Morgan fingerprint density at radius 3 is 2.60 bits per heavy atom. The van der Waals surface area contributed by atoms with Crippen LogP contribution >= 0.6 is 11.8 Å². The number of aryl methyl sites for hydroxylation is 1. The largest absolute Gasteiger partial charge is 0.324 e. The number of hydrogen-bond acceptors (Lipinski definition) is 3. The SMILES string of the molecule is CSCC[C@@H](C(=O)Nc1ccc(C)cc1)N1Cc2ccccc2C1=O. The molecule has 0 bridgehead atoms. The first kappa shape index (κ1) is 17.5. The summed E-state index contributed by atoms with van der Waals surface area (Å²) < 4.78 is 0. The van der Waals surface area contributed by atoms with Crippen molar-refractivity contribution in [3.05, 3.63) is 65.2 Å². The molecule has 1 N–H and O–H groups in total. The predicted octanol–water partition coefficient (Wildman–Crippen LogP) is 3.71. The Labute approximate surface area is 152 Å². The molecule has 0 saturated carbocycles. The highest BCUT2D eigenvalue weighted by molar-refractivity contribution is 7.98. The van der Waals surface area contributed by atoms with Gasteiger partial charge in [-0.1, -0.05) is 35.9 Å². The van der Waals surface area contributed by atoms with Crippen LogP contribution in [0.4, 0.5) is 5.69 Å². The molecular weight excluding hydrogens is 332 g/mol. The van der Waals surface area contributed by atoms with Gasteiger partial charge in [-0.3, -0.25) is 9.59 Å². The number of hydrogen-bond donors (Lipinski definition) is 1. The number of carbonyl (C=O) groups excluding carboxylic acids is 2. The molecule has 0 fully saturated rings. The van der Waals surface area contributed by atoms with Gasteiger partial charge in [0.25, 0.3) is 5.91 Å². The lowest BCUT2D eigenvalue weighted by Crippen LogP contribution is -2.44. The lowest BCUT2D eigenvalue weighted by Gasteiger charge is -2.26. The number of fused-ring (bicyclic) bond motifs is 1. The van der Waals surface area contributed by atoms with Gasteiger partial charge >= 0.3 is 0 Å². The summed E-state index contributed by atoms with van der Waals surface area (Å²) in [5, 5.41) is 2.96. The molecule has 2 aromatic carbocycles. The third-order valence-electron chi connectivity index (χ3n) is 4.44. The van der Waals surface area contributed by atoms with Crippen molar-refractivity contribution < 1.29 is 9.59 Å². The smallest absolute Gasteiger partial charge is 0.255 e. The molecule has 130 valence electrons. The second kappa shape index (κ2) is 7.74. The predicted molar refractivity (Wildman–Crippen MR) is 103 cm³/mol. The van der Waals surface area contributed by atoms with Gasteiger partial charge in [-0.2, -0.15) is 11.8 Å². The second-order valence-corrected chi connectivity index (χ2v) is 7.23.